The number of rotatable bonds is 3. The molecule has 28 heavy (non-hydrogen) atoms. The van der Waals surface area contributed by atoms with E-state index in [9.17, 15) is 26.3 Å². The van der Waals surface area contributed by atoms with E-state index < -0.39 is 58.3 Å². The molecule has 0 aliphatic rings. The number of hydrogen-bond donors (Lipinski definition) is 3. The van der Waals surface area contributed by atoms with E-state index in [1.165, 1.54) is 0 Å². The minimum absolute atomic E-state index is 0.0312. The minimum Gasteiger partial charge on any atom is -0.449 e. The van der Waals surface area contributed by atoms with Crippen LogP contribution in [0.1, 0.15) is 5.56 Å². The van der Waals surface area contributed by atoms with Gasteiger partial charge in [0, 0.05) is 4.47 Å². The third-order valence-corrected chi connectivity index (χ3v) is 3.46. The standard InChI is InChI=1S/C15H10BrF6N5O/c16-6-3-7(17)11(26-14(25)27-13(23)24)10(4-6)28-12-8(18)1-5(2-9(12)19)15(20,21)22/h1-4H,(H6,23,24,25,26,27). The molecule has 0 heterocycles. The van der Waals surface area contributed by atoms with Crippen molar-refractivity contribution in [3.63, 3.8) is 0 Å². The molecule has 0 atom stereocenters. The van der Waals surface area contributed by atoms with Crippen LogP contribution in [0.4, 0.5) is 32.0 Å². The number of guanidine groups is 2. The summed E-state index contributed by atoms with van der Waals surface area (Å²) in [6, 6.07) is 2.04. The summed E-state index contributed by atoms with van der Waals surface area (Å²) < 4.78 is 85.1. The maximum absolute atomic E-state index is 14.2. The fourth-order valence-electron chi connectivity index (χ4n) is 1.93. The van der Waals surface area contributed by atoms with Gasteiger partial charge in [0.15, 0.2) is 34.9 Å². The van der Waals surface area contributed by atoms with E-state index >= 15 is 0 Å². The first kappa shape index (κ1) is 21.3. The van der Waals surface area contributed by atoms with E-state index in [-0.39, 0.29) is 16.6 Å². The molecule has 0 unspecified atom stereocenters. The summed E-state index contributed by atoms with van der Waals surface area (Å²) in [6.45, 7) is 0. The van der Waals surface area contributed by atoms with E-state index in [4.69, 9.17) is 21.9 Å². The van der Waals surface area contributed by atoms with Gasteiger partial charge in [0.25, 0.3) is 0 Å². The molecule has 2 aromatic rings. The molecular weight excluding hydrogens is 460 g/mol. The van der Waals surface area contributed by atoms with Crippen molar-refractivity contribution in [2.75, 3.05) is 0 Å². The highest BCUT2D eigenvalue weighted by Gasteiger charge is 2.33. The van der Waals surface area contributed by atoms with Crippen molar-refractivity contribution < 1.29 is 31.1 Å². The van der Waals surface area contributed by atoms with Gasteiger partial charge >= 0.3 is 6.18 Å². The predicted octanol–water partition coefficient (Wildman–Crippen LogP) is 3.90. The summed E-state index contributed by atoms with van der Waals surface area (Å²) in [5.41, 5.74) is 13.4. The second-order valence-corrected chi connectivity index (χ2v) is 6.03. The summed E-state index contributed by atoms with van der Waals surface area (Å²) in [7, 11) is 0. The van der Waals surface area contributed by atoms with Crippen molar-refractivity contribution in [2.24, 2.45) is 27.2 Å². The summed E-state index contributed by atoms with van der Waals surface area (Å²) >= 11 is 2.94. The van der Waals surface area contributed by atoms with Gasteiger partial charge in [-0.2, -0.15) is 18.2 Å². The molecule has 0 saturated carbocycles. The molecule has 0 amide bonds. The topological polar surface area (TPSA) is 112 Å². The maximum atomic E-state index is 14.2. The average molecular weight is 470 g/mol. The molecule has 13 heteroatoms. The smallest absolute Gasteiger partial charge is 0.416 e. The third-order valence-electron chi connectivity index (χ3n) is 3.00. The Labute approximate surface area is 161 Å². The van der Waals surface area contributed by atoms with Gasteiger partial charge in [0.05, 0.1) is 5.56 Å². The molecule has 6 nitrogen and oxygen atoms in total. The van der Waals surface area contributed by atoms with Crippen LogP contribution in [0.25, 0.3) is 0 Å². The molecule has 0 aliphatic carbocycles. The zero-order chi connectivity index (χ0) is 21.2. The lowest BCUT2D eigenvalue weighted by molar-refractivity contribution is -0.138. The van der Waals surface area contributed by atoms with Crippen molar-refractivity contribution in [2.45, 2.75) is 6.18 Å². The molecule has 0 aromatic heterocycles. The molecule has 0 aliphatic heterocycles. The molecule has 0 radical (unpaired) electrons. The van der Waals surface area contributed by atoms with Gasteiger partial charge in [-0.15, -0.1) is 0 Å². The molecule has 0 saturated heterocycles. The summed E-state index contributed by atoms with van der Waals surface area (Å²) in [4.78, 5) is 6.90. The van der Waals surface area contributed by atoms with E-state index in [2.05, 4.69) is 25.9 Å². The lowest BCUT2D eigenvalue weighted by Crippen LogP contribution is -2.26. The van der Waals surface area contributed by atoms with Gasteiger partial charge < -0.3 is 21.9 Å². The lowest BCUT2D eigenvalue weighted by Gasteiger charge is -2.13. The van der Waals surface area contributed by atoms with Crippen LogP contribution < -0.4 is 21.9 Å². The van der Waals surface area contributed by atoms with E-state index in [1.54, 1.807) is 0 Å². The molecule has 150 valence electrons. The van der Waals surface area contributed by atoms with Crippen LogP contribution in [0.15, 0.2) is 38.7 Å². The van der Waals surface area contributed by atoms with Gasteiger partial charge in [-0.1, -0.05) is 15.9 Å². The summed E-state index contributed by atoms with van der Waals surface area (Å²) in [5.74, 6) is -7.27. The minimum atomic E-state index is -4.98. The van der Waals surface area contributed by atoms with Crippen LogP contribution >= 0.6 is 15.9 Å². The summed E-state index contributed by atoms with van der Waals surface area (Å²) in [6.07, 6.45) is -4.98. The Balaban J connectivity index is 2.57. The van der Waals surface area contributed by atoms with Crippen LogP contribution in [-0.2, 0) is 6.18 Å². The number of nitrogens with two attached hydrogens (primary N) is 3. The Morgan fingerprint density at radius 3 is 2.00 bits per heavy atom. The molecule has 6 N–H and O–H groups in total. The van der Waals surface area contributed by atoms with Crippen LogP contribution in [0.2, 0.25) is 0 Å². The van der Waals surface area contributed by atoms with E-state index in [0.29, 0.717) is 0 Å². The molecule has 2 aromatic carbocycles. The number of benzene rings is 2. The third kappa shape index (κ3) is 5.06. The van der Waals surface area contributed by atoms with Gasteiger partial charge in [-0.05, 0) is 24.3 Å². The molecule has 0 spiro atoms. The number of hydrogen-bond acceptors (Lipinski definition) is 2. The van der Waals surface area contributed by atoms with Gasteiger partial charge in [0.1, 0.15) is 5.69 Å². The molecular formula is C15H10BrF6N5O. The average Bonchev–Trinajstić information content (AvgIpc) is 2.52. The first-order valence-corrected chi connectivity index (χ1v) is 7.84. The number of halogens is 7. The van der Waals surface area contributed by atoms with Crippen LogP contribution in [0.3, 0.4) is 0 Å². The van der Waals surface area contributed by atoms with Crippen LogP contribution in [0, 0.1) is 17.5 Å². The number of aliphatic imine (C=N–C) groups is 2. The van der Waals surface area contributed by atoms with E-state index in [1.807, 2.05) is 0 Å². The zero-order valence-electron chi connectivity index (χ0n) is 13.5. The number of alkyl halides is 3. The Bertz CT molecular complexity index is 949. The quantitative estimate of drug-likeness (QED) is 0.359. The molecule has 2 rings (SSSR count). The van der Waals surface area contributed by atoms with Crippen molar-refractivity contribution in [3.05, 3.63) is 51.8 Å². The number of nitrogens with zero attached hydrogens (tertiary/aromatic N) is 2. The van der Waals surface area contributed by atoms with Crippen molar-refractivity contribution in [3.8, 4) is 11.5 Å². The first-order chi connectivity index (χ1) is 12.9. The summed E-state index contributed by atoms with van der Waals surface area (Å²) in [5, 5.41) is 0. The monoisotopic (exact) mass is 469 g/mol. The molecule has 0 fully saturated rings. The molecule has 0 bridgehead atoms. The Morgan fingerprint density at radius 2 is 1.50 bits per heavy atom. The highest BCUT2D eigenvalue weighted by Crippen LogP contribution is 2.40. The lowest BCUT2D eigenvalue weighted by atomic mass is 10.2. The normalized spacial score (nSPS) is 12.0. The van der Waals surface area contributed by atoms with Gasteiger partial charge in [-0.3, -0.25) is 0 Å². The second kappa shape index (κ2) is 7.96. The predicted molar refractivity (Wildman–Crippen MR) is 92.6 cm³/mol. The van der Waals surface area contributed by atoms with Crippen LogP contribution in [-0.4, -0.2) is 11.9 Å². The van der Waals surface area contributed by atoms with E-state index in [0.717, 1.165) is 12.1 Å². The highest BCUT2D eigenvalue weighted by molar-refractivity contribution is 9.10. The van der Waals surface area contributed by atoms with Gasteiger partial charge in [0.2, 0.25) is 5.96 Å². The van der Waals surface area contributed by atoms with Crippen LogP contribution in [0.5, 0.6) is 11.5 Å². The largest absolute Gasteiger partial charge is 0.449 e. The first-order valence-electron chi connectivity index (χ1n) is 7.05. The van der Waals surface area contributed by atoms with Gasteiger partial charge in [-0.25, -0.2) is 18.2 Å². The Hall–Kier alpha value is -2.96. The fraction of sp³-hybridized carbons (Fsp3) is 0.0667. The fourth-order valence-corrected chi connectivity index (χ4v) is 2.34. The second-order valence-electron chi connectivity index (χ2n) is 5.11. The zero-order valence-corrected chi connectivity index (χ0v) is 15.1. The highest BCUT2D eigenvalue weighted by atomic mass is 79.9. The van der Waals surface area contributed by atoms with Crippen molar-refractivity contribution in [1.29, 1.82) is 0 Å². The Kier molecular flexibility index (Phi) is 6.07. The Morgan fingerprint density at radius 1 is 0.929 bits per heavy atom. The SMILES string of the molecule is NC(N)=NC(N)=Nc1c(F)cc(Br)cc1Oc1c(F)cc(C(F)(F)F)cc1F. The number of ether oxygens (including phenoxy) is 1. The maximum Gasteiger partial charge on any atom is 0.416 e. The van der Waals surface area contributed by atoms with Crippen molar-refractivity contribution in [1.82, 2.24) is 0 Å². The van der Waals surface area contributed by atoms with Crippen molar-refractivity contribution >= 4 is 33.5 Å².